The van der Waals surface area contributed by atoms with Gasteiger partial charge in [-0.1, -0.05) is 109 Å². The molecule has 4 aromatic carbocycles. The van der Waals surface area contributed by atoms with E-state index < -0.39 is 17.0 Å². The van der Waals surface area contributed by atoms with E-state index in [1.807, 2.05) is 0 Å². The quantitative estimate of drug-likeness (QED) is 0.174. The van der Waals surface area contributed by atoms with Crippen molar-refractivity contribution in [2.24, 2.45) is 30.0 Å². The van der Waals surface area contributed by atoms with Gasteiger partial charge in [-0.2, -0.15) is 30.0 Å². The van der Waals surface area contributed by atoms with Crippen LogP contribution in [0.3, 0.4) is 0 Å². The van der Waals surface area contributed by atoms with Gasteiger partial charge in [-0.15, -0.1) is 0 Å². The van der Waals surface area contributed by atoms with E-state index in [1.54, 1.807) is 60.7 Å². The van der Waals surface area contributed by atoms with Crippen LogP contribution in [0.25, 0.3) is 0 Å². The van der Waals surface area contributed by atoms with Gasteiger partial charge in [0.05, 0.1) is 0 Å². The van der Waals surface area contributed by atoms with Crippen LogP contribution in [0.1, 0.15) is 33.4 Å². The second-order valence-electron chi connectivity index (χ2n) is 9.12. The molecule has 0 aliphatic heterocycles. The molecule has 0 spiro atoms. The van der Waals surface area contributed by atoms with Crippen molar-refractivity contribution in [3.05, 3.63) is 143 Å². The third-order valence-electron chi connectivity index (χ3n) is 6.98. The molecule has 4 aromatic rings. The summed E-state index contributed by atoms with van der Waals surface area (Å²) in [4.78, 5) is 92.1. The van der Waals surface area contributed by atoms with Gasteiger partial charge < -0.3 is 0 Å². The second-order valence-corrected chi connectivity index (χ2v) is 9.12. The van der Waals surface area contributed by atoms with Crippen LogP contribution >= 0.6 is 0 Å². The highest BCUT2D eigenvalue weighted by Crippen LogP contribution is 2.41. The van der Waals surface area contributed by atoms with Crippen molar-refractivity contribution < 1.29 is 28.8 Å². The third kappa shape index (κ3) is 5.78. The summed E-state index contributed by atoms with van der Waals surface area (Å²) in [6.07, 6.45) is 8.66. The number of hydrogen-bond acceptors (Lipinski definition) is 12. The summed E-state index contributed by atoms with van der Waals surface area (Å²) in [6, 6.07) is 28.1. The predicted molar refractivity (Wildman–Crippen MR) is 157 cm³/mol. The molecule has 0 bridgehead atoms. The highest BCUT2D eigenvalue weighted by molar-refractivity contribution is 5.55. The Balaban J connectivity index is 1.91. The Morgan fingerprint density at radius 1 is 0.289 bits per heavy atom. The van der Waals surface area contributed by atoms with Gasteiger partial charge >= 0.3 is 0 Å². The lowest BCUT2D eigenvalue weighted by atomic mass is 9.86. The van der Waals surface area contributed by atoms with Crippen molar-refractivity contribution >= 4 is 36.5 Å². The van der Waals surface area contributed by atoms with Gasteiger partial charge in [0, 0.05) is 33.4 Å². The molecule has 4 rings (SSSR count). The number of rotatable bonds is 12. The molecule has 0 aliphatic rings. The lowest BCUT2D eigenvalue weighted by Crippen LogP contribution is -2.26. The molecule has 0 heterocycles. The highest BCUT2D eigenvalue weighted by Gasteiger charge is 2.39. The van der Waals surface area contributed by atoms with E-state index in [2.05, 4.69) is 30.0 Å². The summed E-state index contributed by atoms with van der Waals surface area (Å²) >= 11 is 0. The minimum Gasteiger partial charge on any atom is -0.211 e. The molecule has 0 saturated heterocycles. The molecule has 0 aromatic heterocycles. The molecule has 45 heavy (non-hydrogen) atoms. The number of hydrogen-bond donors (Lipinski definition) is 0. The van der Waals surface area contributed by atoms with Crippen molar-refractivity contribution in [3.8, 4) is 0 Å². The number of isocyanates is 6. The molecule has 0 radical (unpaired) electrons. The van der Waals surface area contributed by atoms with E-state index >= 15 is 0 Å². The van der Waals surface area contributed by atoms with Crippen LogP contribution in [0, 0.1) is 0 Å². The Hall–Kier alpha value is -6.84. The molecule has 0 saturated carbocycles. The maximum atomic E-state index is 11.7. The number of carbonyl (C=O) groups excluding carboxylic acids is 6. The molecular weight excluding hydrogens is 576 g/mol. The summed E-state index contributed by atoms with van der Waals surface area (Å²) < 4.78 is 0. The Morgan fingerprint density at radius 2 is 0.467 bits per heavy atom. The largest absolute Gasteiger partial charge is 0.238 e. The molecule has 0 unspecified atom stereocenters. The maximum Gasteiger partial charge on any atom is 0.238 e. The van der Waals surface area contributed by atoms with Crippen molar-refractivity contribution in [2.45, 2.75) is 17.0 Å². The summed E-state index contributed by atoms with van der Waals surface area (Å²) in [7, 11) is 0. The average molecular weight is 595 g/mol. The SMILES string of the molecule is O=C=NC(N=C=O)(c1ccccc1)c1ccc(C(N=C=O)(N=C=O)c2ccc(C(N=C=O)(N=C=O)c3ccccc3)cc2)cc1. The van der Waals surface area contributed by atoms with Crippen LogP contribution in [0.5, 0.6) is 0 Å². The Labute approximate surface area is 254 Å². The van der Waals surface area contributed by atoms with E-state index in [4.69, 9.17) is 0 Å². The lowest BCUT2D eigenvalue weighted by molar-refractivity contribution is 0.508. The summed E-state index contributed by atoms with van der Waals surface area (Å²) in [5, 5.41) is 0. The smallest absolute Gasteiger partial charge is 0.211 e. The average Bonchev–Trinajstić information content (AvgIpc) is 3.09. The van der Waals surface area contributed by atoms with Gasteiger partial charge in [0.15, 0.2) is 0 Å². The van der Waals surface area contributed by atoms with Gasteiger partial charge in [0.2, 0.25) is 53.5 Å². The molecule has 0 N–H and O–H groups in total. The molecular formula is C33H18N6O6. The molecule has 0 fully saturated rings. The van der Waals surface area contributed by atoms with Gasteiger partial charge in [-0.25, -0.2) is 28.8 Å². The van der Waals surface area contributed by atoms with Crippen LogP contribution < -0.4 is 0 Å². The first-order valence-electron chi connectivity index (χ1n) is 12.9. The van der Waals surface area contributed by atoms with E-state index in [0.29, 0.717) is 11.1 Å². The van der Waals surface area contributed by atoms with Crippen LogP contribution in [-0.2, 0) is 45.8 Å². The zero-order valence-electron chi connectivity index (χ0n) is 23.0. The Morgan fingerprint density at radius 3 is 0.644 bits per heavy atom. The van der Waals surface area contributed by atoms with E-state index in [-0.39, 0.29) is 22.3 Å². The highest BCUT2D eigenvalue weighted by atomic mass is 16.1. The van der Waals surface area contributed by atoms with Crippen LogP contribution in [0.2, 0.25) is 0 Å². The number of benzene rings is 4. The summed E-state index contributed by atoms with van der Waals surface area (Å²) in [5.41, 5.74) is -4.11. The van der Waals surface area contributed by atoms with E-state index in [0.717, 1.165) is 0 Å². The number of nitrogens with zero attached hydrogens (tertiary/aromatic N) is 6. The zero-order valence-corrected chi connectivity index (χ0v) is 23.0. The minimum atomic E-state index is -2.00. The topological polar surface area (TPSA) is 177 Å². The summed E-state index contributed by atoms with van der Waals surface area (Å²) in [6.45, 7) is 0. The van der Waals surface area contributed by atoms with Crippen molar-refractivity contribution in [2.75, 3.05) is 0 Å². The van der Waals surface area contributed by atoms with Crippen LogP contribution in [-0.4, -0.2) is 36.5 Å². The van der Waals surface area contributed by atoms with Gasteiger partial charge in [0.25, 0.3) is 0 Å². The molecule has 12 heteroatoms. The van der Waals surface area contributed by atoms with E-state index in [9.17, 15) is 28.8 Å². The normalized spacial score (nSPS) is 13.9. The third-order valence-corrected chi connectivity index (χ3v) is 6.98. The first kappa shape index (κ1) is 31.1. The maximum absolute atomic E-state index is 11.7. The standard InChI is InChI=1S/C33H18N6O6/c40-19-34-31(35-20-41,25-7-3-1-4-8-25)27-11-15-29(16-12-27)33(38-23-44,39-24-45)30-17-13-28(14-18-30)32(36-21-42,37-22-43)26-9-5-2-6-10-26/h1-18H. The fourth-order valence-corrected chi connectivity index (χ4v) is 4.96. The second kappa shape index (κ2) is 13.9. The lowest BCUT2D eigenvalue weighted by Gasteiger charge is -2.27. The Kier molecular flexibility index (Phi) is 9.60. The first-order chi connectivity index (χ1) is 22.0. The van der Waals surface area contributed by atoms with E-state index in [1.165, 1.54) is 85.0 Å². The van der Waals surface area contributed by atoms with Gasteiger partial charge in [-0.05, 0) is 0 Å². The molecule has 12 nitrogen and oxygen atoms in total. The van der Waals surface area contributed by atoms with Crippen molar-refractivity contribution in [1.29, 1.82) is 0 Å². The van der Waals surface area contributed by atoms with Gasteiger partial charge in [0.1, 0.15) is 0 Å². The van der Waals surface area contributed by atoms with Crippen molar-refractivity contribution in [3.63, 3.8) is 0 Å². The first-order valence-corrected chi connectivity index (χ1v) is 12.9. The molecule has 216 valence electrons. The zero-order chi connectivity index (χ0) is 32.2. The fourth-order valence-electron chi connectivity index (χ4n) is 4.96. The molecule has 0 amide bonds. The molecule has 0 atom stereocenters. The van der Waals surface area contributed by atoms with Gasteiger partial charge in [-0.3, -0.25) is 0 Å². The monoisotopic (exact) mass is 594 g/mol. The minimum absolute atomic E-state index is 0.170. The predicted octanol–water partition coefficient (Wildman–Crippen LogP) is 4.30. The fraction of sp³-hybridized carbons (Fsp3) is 0.0909. The van der Waals surface area contributed by atoms with Crippen LogP contribution in [0.15, 0.2) is 139 Å². The molecule has 0 aliphatic carbocycles. The van der Waals surface area contributed by atoms with Crippen LogP contribution in [0.4, 0.5) is 0 Å². The van der Waals surface area contributed by atoms with Crippen molar-refractivity contribution in [1.82, 2.24) is 0 Å². The number of aliphatic imine (C=N–C) groups is 6. The summed E-state index contributed by atoms with van der Waals surface area (Å²) in [5.74, 6) is 0. The Bertz CT molecular complexity index is 1790.